The molecule has 0 amide bonds. The maximum atomic E-state index is 14.7. The molecule has 0 saturated heterocycles. The maximum absolute atomic E-state index is 14.7. The van der Waals surface area contributed by atoms with Crippen LogP contribution in [-0.4, -0.2) is 15.9 Å². The summed E-state index contributed by atoms with van der Waals surface area (Å²) in [6.07, 6.45) is 2.30. The minimum atomic E-state index is -0.517. The third-order valence-electron chi connectivity index (χ3n) is 5.36. The molecule has 0 spiro atoms. The van der Waals surface area contributed by atoms with E-state index in [1.165, 1.54) is 26.0 Å². The number of aromatic nitrogens is 1. The van der Waals surface area contributed by atoms with Crippen LogP contribution in [0.1, 0.15) is 19.4 Å². The van der Waals surface area contributed by atoms with Gasteiger partial charge in [0, 0.05) is 42.6 Å². The molecule has 0 aliphatic rings. The van der Waals surface area contributed by atoms with Gasteiger partial charge in [-0.3, -0.25) is 9.78 Å². The molecule has 0 atom stereocenters. The summed E-state index contributed by atoms with van der Waals surface area (Å²) >= 11 is 0. The molecule has 5 rings (SSSR count). The van der Waals surface area contributed by atoms with Crippen LogP contribution < -0.4 is 0 Å². The molecule has 36 heavy (non-hydrogen) atoms. The van der Waals surface area contributed by atoms with Crippen LogP contribution in [0.4, 0.5) is 8.78 Å². The normalized spacial score (nSPS) is 10.9. The number of carbonyl (C=O) groups is 1. The molecule has 7 heteroatoms. The quantitative estimate of drug-likeness (QED) is 0.0944. The first-order valence-electron chi connectivity index (χ1n) is 10.7. The molecule has 5 aromatic rings. The van der Waals surface area contributed by atoms with E-state index in [-0.39, 0.29) is 31.6 Å². The van der Waals surface area contributed by atoms with Crippen LogP contribution in [0, 0.1) is 29.0 Å². The van der Waals surface area contributed by atoms with Crippen LogP contribution in [0.5, 0.6) is 0 Å². The van der Waals surface area contributed by atoms with Gasteiger partial charge in [-0.1, -0.05) is 53.4 Å². The molecule has 0 fully saturated rings. The van der Waals surface area contributed by atoms with Crippen LogP contribution in [0.25, 0.3) is 43.6 Å². The predicted octanol–water partition coefficient (Wildman–Crippen LogP) is 7.19. The number of halogens is 2. The molecule has 1 N–H and O–H groups in total. The Labute approximate surface area is 219 Å². The Hall–Kier alpha value is -3.98. The predicted molar refractivity (Wildman–Crippen MR) is 133 cm³/mol. The number of nitriles is 1. The molecule has 4 aromatic carbocycles. The Balaban J connectivity index is 0.000000400. The molecule has 0 aliphatic carbocycles. The number of pyridine rings is 1. The fourth-order valence-electron chi connectivity index (χ4n) is 3.99. The first-order valence-corrected chi connectivity index (χ1v) is 10.7. The van der Waals surface area contributed by atoms with Gasteiger partial charge in [-0.05, 0) is 36.2 Å². The van der Waals surface area contributed by atoms with Crippen molar-refractivity contribution >= 4 is 38.1 Å². The number of benzene rings is 4. The van der Waals surface area contributed by atoms with Gasteiger partial charge in [-0.15, -0.1) is 23.6 Å². The van der Waals surface area contributed by atoms with E-state index in [4.69, 9.17) is 5.11 Å². The van der Waals surface area contributed by atoms with Crippen molar-refractivity contribution in [3.63, 3.8) is 0 Å². The molecular weight excluding hydrogens is 639 g/mol. The van der Waals surface area contributed by atoms with Gasteiger partial charge < -0.3 is 5.11 Å². The number of hydrogen-bond donors (Lipinski definition) is 1. The average molecular weight is 658 g/mol. The Morgan fingerprint density at radius 2 is 1.61 bits per heavy atom. The van der Waals surface area contributed by atoms with E-state index in [1.807, 2.05) is 24.3 Å². The van der Waals surface area contributed by atoms with Crippen molar-refractivity contribution in [2.24, 2.45) is 0 Å². The van der Waals surface area contributed by atoms with Gasteiger partial charge in [-0.25, -0.2) is 8.78 Å². The number of allylic oxidation sites excluding steroid dienone is 2. The average Bonchev–Trinajstić information content (AvgIpc) is 2.83. The molecule has 0 aliphatic heterocycles. The zero-order valence-corrected chi connectivity index (χ0v) is 21.7. The summed E-state index contributed by atoms with van der Waals surface area (Å²) in [5.74, 6) is -1.03. The van der Waals surface area contributed by atoms with Crippen LogP contribution in [0.3, 0.4) is 0 Å². The zero-order valence-electron chi connectivity index (χ0n) is 19.3. The minimum Gasteiger partial charge on any atom is -0.512 e. The summed E-state index contributed by atoms with van der Waals surface area (Å²) in [5, 5.41) is 20.9. The summed E-state index contributed by atoms with van der Waals surface area (Å²) in [6, 6.07) is 22.6. The number of ketones is 1. The van der Waals surface area contributed by atoms with Crippen molar-refractivity contribution in [2.45, 2.75) is 13.8 Å². The van der Waals surface area contributed by atoms with E-state index >= 15 is 0 Å². The number of nitrogens with zero attached hydrogens (tertiary/aromatic N) is 2. The molecule has 181 valence electrons. The number of aliphatic hydroxyl groups is 1. The van der Waals surface area contributed by atoms with Gasteiger partial charge in [-0.2, -0.15) is 5.26 Å². The van der Waals surface area contributed by atoms with E-state index in [0.29, 0.717) is 38.4 Å². The van der Waals surface area contributed by atoms with Crippen LogP contribution in [0.15, 0.2) is 78.7 Å². The third kappa shape index (κ3) is 5.31. The number of carbonyl (C=O) groups excluding carboxylic acids is 1. The molecule has 1 radical (unpaired) electrons. The van der Waals surface area contributed by atoms with Crippen molar-refractivity contribution in [1.29, 1.82) is 5.26 Å². The first kappa shape index (κ1) is 26.6. The molecule has 0 unspecified atom stereocenters. The Morgan fingerprint density at radius 1 is 0.972 bits per heavy atom. The minimum absolute atomic E-state index is 0. The molecule has 0 bridgehead atoms. The van der Waals surface area contributed by atoms with E-state index in [1.54, 1.807) is 30.3 Å². The summed E-state index contributed by atoms with van der Waals surface area (Å²) in [6.45, 7) is 2.85. The summed E-state index contributed by atoms with van der Waals surface area (Å²) in [5.41, 5.74) is 1.38. The van der Waals surface area contributed by atoms with E-state index in [9.17, 15) is 18.8 Å². The topological polar surface area (TPSA) is 74.0 Å². The standard InChI is InChI=1S/C24H11F2N2.C5H8O2.Ir/c25-21-11-20-23(19-8-4-3-7-18(19)21)22(26)13-28-24(20)15-9-14-5-1-2-6-17(14)16(10-15)12-27;1-4(6)3-5(2)7;/h1-8,10-11,13H;3,6H,1-2H3;/q-1;;/b;4-3-;. The van der Waals surface area contributed by atoms with Crippen LogP contribution in [0.2, 0.25) is 0 Å². The van der Waals surface area contributed by atoms with Gasteiger partial charge in [0.15, 0.2) is 5.78 Å². The first-order chi connectivity index (χ1) is 16.8. The number of rotatable bonds is 2. The second kappa shape index (κ2) is 11.2. The van der Waals surface area contributed by atoms with Gasteiger partial charge in [0.05, 0.1) is 18.0 Å². The Morgan fingerprint density at radius 3 is 2.22 bits per heavy atom. The van der Waals surface area contributed by atoms with E-state index < -0.39 is 11.6 Å². The van der Waals surface area contributed by atoms with Crippen molar-refractivity contribution in [3.05, 3.63) is 102 Å². The molecule has 1 aromatic heterocycles. The molecule has 1 heterocycles. The van der Waals surface area contributed by atoms with Crippen molar-refractivity contribution in [1.82, 2.24) is 4.98 Å². The van der Waals surface area contributed by atoms with Gasteiger partial charge in [0.1, 0.15) is 11.6 Å². The van der Waals surface area contributed by atoms with Gasteiger partial charge in [0.2, 0.25) is 0 Å². The molecular formula is C29H19F2IrN2O2-. The number of aliphatic hydroxyl groups excluding tert-OH is 1. The fraction of sp³-hybridized carbons (Fsp3) is 0.0690. The molecule has 0 saturated carbocycles. The second-order valence-corrected chi connectivity index (χ2v) is 7.93. The third-order valence-corrected chi connectivity index (χ3v) is 5.36. The number of hydrogen-bond acceptors (Lipinski definition) is 4. The smallest absolute Gasteiger partial charge is 0.155 e. The van der Waals surface area contributed by atoms with E-state index in [0.717, 1.165) is 17.0 Å². The van der Waals surface area contributed by atoms with Crippen molar-refractivity contribution in [2.75, 3.05) is 0 Å². The van der Waals surface area contributed by atoms with Crippen molar-refractivity contribution in [3.8, 4) is 17.3 Å². The monoisotopic (exact) mass is 658 g/mol. The van der Waals surface area contributed by atoms with Crippen molar-refractivity contribution < 1.29 is 38.8 Å². The Kier molecular flexibility index (Phi) is 8.26. The Bertz CT molecular complexity index is 1690. The van der Waals surface area contributed by atoms with E-state index in [2.05, 4.69) is 17.1 Å². The summed E-state index contributed by atoms with van der Waals surface area (Å²) < 4.78 is 29.4. The maximum Gasteiger partial charge on any atom is 0.155 e. The van der Waals surface area contributed by atoms with Crippen LogP contribution in [-0.2, 0) is 24.9 Å². The summed E-state index contributed by atoms with van der Waals surface area (Å²) in [4.78, 5) is 14.2. The van der Waals surface area contributed by atoms with Gasteiger partial charge in [0.25, 0.3) is 0 Å². The SMILES string of the molecule is CC(=O)/C=C(/C)O.N#Cc1cc(-c2ncc(F)c3c2cc(F)c2ccccc23)[c-]c2ccccc12.[Ir]. The zero-order chi connectivity index (χ0) is 25.1. The largest absolute Gasteiger partial charge is 0.512 e. The fourth-order valence-corrected chi connectivity index (χ4v) is 3.99. The van der Waals surface area contributed by atoms with Gasteiger partial charge >= 0.3 is 0 Å². The second-order valence-electron chi connectivity index (χ2n) is 7.93. The molecule has 4 nitrogen and oxygen atoms in total. The van der Waals surface area contributed by atoms with Crippen LogP contribution >= 0.6 is 0 Å². The number of fused-ring (bicyclic) bond motifs is 4. The summed E-state index contributed by atoms with van der Waals surface area (Å²) in [7, 11) is 0.